The smallest absolute Gasteiger partial charge is 0.223 e. The van der Waals surface area contributed by atoms with Crippen LogP contribution in [0.3, 0.4) is 0 Å². The van der Waals surface area contributed by atoms with Crippen molar-refractivity contribution in [1.29, 1.82) is 0 Å². The van der Waals surface area contributed by atoms with Gasteiger partial charge in [0.2, 0.25) is 5.91 Å². The summed E-state index contributed by atoms with van der Waals surface area (Å²) < 4.78 is 0. The summed E-state index contributed by atoms with van der Waals surface area (Å²) in [5.74, 6) is 1.61. The highest BCUT2D eigenvalue weighted by Gasteiger charge is 2.35. The van der Waals surface area contributed by atoms with Crippen LogP contribution in [0.1, 0.15) is 6.92 Å². The predicted molar refractivity (Wildman–Crippen MR) is 81.5 cm³/mol. The lowest BCUT2D eigenvalue weighted by Crippen LogP contribution is -2.50. The average Bonchev–Trinajstić information content (AvgIpc) is 2.36. The minimum Gasteiger partial charge on any atom is -0.381 e. The van der Waals surface area contributed by atoms with Gasteiger partial charge in [-0.05, 0) is 13.1 Å². The number of hydrogen-bond acceptors (Lipinski definition) is 4. The molecule has 0 aromatic heterocycles. The summed E-state index contributed by atoms with van der Waals surface area (Å²) in [5, 5.41) is 3.11. The van der Waals surface area contributed by atoms with Gasteiger partial charge < -0.3 is 16.0 Å². The van der Waals surface area contributed by atoms with Gasteiger partial charge in [0.25, 0.3) is 0 Å². The Kier molecular flexibility index (Phi) is 6.49. The highest BCUT2D eigenvalue weighted by Crippen LogP contribution is 2.29. The molecule has 1 aliphatic heterocycles. The quantitative estimate of drug-likeness (QED) is 0.709. The Morgan fingerprint density at radius 2 is 2.33 bits per heavy atom. The molecule has 102 valence electrons. The summed E-state index contributed by atoms with van der Waals surface area (Å²) in [6.45, 7) is 3.06. The molecule has 18 heavy (non-hydrogen) atoms. The van der Waals surface area contributed by atoms with Crippen LogP contribution < -0.4 is 11.1 Å². The molecule has 0 spiro atoms. The van der Waals surface area contributed by atoms with Gasteiger partial charge in [0.15, 0.2) is 0 Å². The van der Waals surface area contributed by atoms with Gasteiger partial charge in [-0.1, -0.05) is 18.3 Å². The van der Waals surface area contributed by atoms with Crippen LogP contribution in [0.25, 0.3) is 0 Å². The van der Waals surface area contributed by atoms with Gasteiger partial charge in [-0.25, -0.2) is 0 Å². The van der Waals surface area contributed by atoms with Gasteiger partial charge in [0.1, 0.15) is 0 Å². The maximum Gasteiger partial charge on any atom is 0.223 e. The van der Waals surface area contributed by atoms with Crippen molar-refractivity contribution in [1.82, 2.24) is 10.2 Å². The van der Waals surface area contributed by atoms with Crippen LogP contribution in [0.5, 0.6) is 0 Å². The maximum absolute atomic E-state index is 11.5. The van der Waals surface area contributed by atoms with Crippen LogP contribution in [-0.4, -0.2) is 47.4 Å². The van der Waals surface area contributed by atoms with Crippen molar-refractivity contribution in [3.8, 4) is 0 Å². The van der Waals surface area contributed by atoms with E-state index in [0.29, 0.717) is 0 Å². The van der Waals surface area contributed by atoms with Gasteiger partial charge in [0, 0.05) is 37.1 Å². The van der Waals surface area contributed by atoms with E-state index in [9.17, 15) is 4.79 Å². The lowest BCUT2D eigenvalue weighted by Gasteiger charge is -2.35. The number of thiocarbonyl (C=S) groups is 1. The Hall–Kier alpha value is -0.750. The largest absolute Gasteiger partial charge is 0.381 e. The fourth-order valence-electron chi connectivity index (χ4n) is 1.95. The van der Waals surface area contributed by atoms with Crippen LogP contribution in [0, 0.1) is 11.8 Å². The van der Waals surface area contributed by atoms with E-state index in [2.05, 4.69) is 29.4 Å². The first kappa shape index (κ1) is 15.3. The van der Waals surface area contributed by atoms with Gasteiger partial charge in [-0.2, -0.15) is 11.8 Å². The minimum atomic E-state index is -0.251. The molecular formula is C12H21N3OS2. The lowest BCUT2D eigenvalue weighted by atomic mass is 9.89. The molecule has 0 radical (unpaired) electrons. The van der Waals surface area contributed by atoms with Crippen molar-refractivity contribution in [2.24, 2.45) is 17.6 Å². The van der Waals surface area contributed by atoms with E-state index in [1.165, 1.54) is 5.49 Å². The van der Waals surface area contributed by atoms with Gasteiger partial charge >= 0.3 is 0 Å². The van der Waals surface area contributed by atoms with Crippen LogP contribution in [-0.2, 0) is 4.79 Å². The Balaban J connectivity index is 2.76. The third-order valence-electron chi connectivity index (χ3n) is 3.21. The van der Waals surface area contributed by atoms with Crippen molar-refractivity contribution in [2.75, 3.05) is 25.1 Å². The van der Waals surface area contributed by atoms with E-state index in [1.54, 1.807) is 11.8 Å². The van der Waals surface area contributed by atoms with E-state index >= 15 is 0 Å². The second kappa shape index (κ2) is 7.63. The Morgan fingerprint density at radius 1 is 1.61 bits per heavy atom. The molecule has 0 saturated carbocycles. The number of rotatable bonds is 6. The molecule has 1 heterocycles. The third-order valence-corrected chi connectivity index (χ3v) is 4.57. The summed E-state index contributed by atoms with van der Waals surface area (Å²) in [6.07, 6.45) is 4.20. The second-order valence-electron chi connectivity index (χ2n) is 4.44. The van der Waals surface area contributed by atoms with Crippen molar-refractivity contribution in [3.05, 3.63) is 12.3 Å². The van der Waals surface area contributed by atoms with Gasteiger partial charge in [-0.3, -0.25) is 4.79 Å². The summed E-state index contributed by atoms with van der Waals surface area (Å²) in [5.41, 5.74) is 6.94. The molecule has 3 unspecified atom stereocenters. The van der Waals surface area contributed by atoms with Crippen molar-refractivity contribution < 1.29 is 4.79 Å². The van der Waals surface area contributed by atoms with Gasteiger partial charge in [0.05, 0.1) is 11.4 Å². The molecule has 0 aromatic rings. The summed E-state index contributed by atoms with van der Waals surface area (Å²) in [7, 11) is 2.03. The summed E-state index contributed by atoms with van der Waals surface area (Å²) in [4.78, 5) is 13.6. The van der Waals surface area contributed by atoms with E-state index in [4.69, 9.17) is 18.0 Å². The zero-order chi connectivity index (χ0) is 13.5. The molecule has 3 N–H and O–H groups in total. The van der Waals surface area contributed by atoms with Crippen molar-refractivity contribution >= 4 is 35.4 Å². The molecule has 1 rings (SSSR count). The molecule has 6 heteroatoms. The summed E-state index contributed by atoms with van der Waals surface area (Å²) >= 11 is 6.62. The molecule has 1 aliphatic rings. The maximum atomic E-state index is 11.5. The first-order valence-corrected chi connectivity index (χ1v) is 7.68. The number of nitrogens with one attached hydrogen (secondary N) is 1. The molecule has 1 amide bonds. The van der Waals surface area contributed by atoms with Crippen LogP contribution in [0.4, 0.5) is 0 Å². The SMILES string of the molecule is CCN(C)/C=C\C1CSCC(C(N)=O)C1NC=S. The van der Waals surface area contributed by atoms with Crippen LogP contribution in [0.15, 0.2) is 12.3 Å². The zero-order valence-corrected chi connectivity index (χ0v) is 12.5. The standard InChI is InChI=1S/C12H21N3OS2/c1-3-15(2)5-4-9-6-18-7-10(12(13)16)11(9)14-8-17/h4-5,8-11H,3,6-7H2,1-2H3,(H2,13,16)(H,14,17)/b5-4-. The number of nitrogens with two attached hydrogens (primary N) is 1. The Labute approximate surface area is 118 Å². The predicted octanol–water partition coefficient (Wildman–Crippen LogP) is 0.832. The number of amides is 1. The van der Waals surface area contributed by atoms with Crippen molar-refractivity contribution in [3.63, 3.8) is 0 Å². The minimum absolute atomic E-state index is 0.0164. The van der Waals surface area contributed by atoms with Crippen LogP contribution >= 0.6 is 24.0 Å². The number of nitrogens with zero attached hydrogens (tertiary/aromatic N) is 1. The monoisotopic (exact) mass is 287 g/mol. The van der Waals surface area contributed by atoms with E-state index in [-0.39, 0.29) is 23.8 Å². The number of thioether (sulfide) groups is 1. The van der Waals surface area contributed by atoms with Gasteiger partial charge in [-0.15, -0.1) is 0 Å². The Morgan fingerprint density at radius 3 is 2.89 bits per heavy atom. The molecule has 0 bridgehead atoms. The molecule has 1 fully saturated rings. The second-order valence-corrected chi connectivity index (χ2v) is 5.75. The Bertz CT molecular complexity index is 322. The number of hydrogen-bond donors (Lipinski definition) is 2. The van der Waals surface area contributed by atoms with E-state index in [1.807, 2.05) is 7.05 Å². The molecule has 3 atom stereocenters. The number of primary amides is 1. The molecule has 4 nitrogen and oxygen atoms in total. The molecule has 1 saturated heterocycles. The fourth-order valence-corrected chi connectivity index (χ4v) is 3.46. The zero-order valence-electron chi connectivity index (χ0n) is 10.8. The lowest BCUT2D eigenvalue weighted by molar-refractivity contribution is -0.122. The molecule has 0 aromatic carbocycles. The third kappa shape index (κ3) is 4.17. The van der Waals surface area contributed by atoms with Crippen molar-refractivity contribution in [2.45, 2.75) is 13.0 Å². The topological polar surface area (TPSA) is 58.4 Å². The molecular weight excluding hydrogens is 266 g/mol. The van der Waals surface area contributed by atoms with E-state index < -0.39 is 0 Å². The fraction of sp³-hybridized carbons (Fsp3) is 0.667. The number of carbonyl (C=O) groups is 1. The first-order chi connectivity index (χ1) is 8.60. The summed E-state index contributed by atoms with van der Waals surface area (Å²) in [6, 6.07) is 0.0164. The highest BCUT2D eigenvalue weighted by atomic mass is 32.2. The van der Waals surface area contributed by atoms with Crippen LogP contribution in [0.2, 0.25) is 0 Å². The normalized spacial score (nSPS) is 28.0. The molecule has 0 aliphatic carbocycles. The first-order valence-electron chi connectivity index (χ1n) is 6.05. The highest BCUT2D eigenvalue weighted by molar-refractivity contribution is 7.99. The number of carbonyl (C=O) groups excluding carboxylic acids is 1. The average molecular weight is 287 g/mol. The van der Waals surface area contributed by atoms with E-state index in [0.717, 1.165) is 18.1 Å².